The van der Waals surface area contributed by atoms with Crippen molar-refractivity contribution in [2.24, 2.45) is 0 Å². The fourth-order valence-electron chi connectivity index (χ4n) is 2.24. The molecule has 7 heteroatoms. The van der Waals surface area contributed by atoms with Crippen molar-refractivity contribution >= 4 is 21.6 Å². The van der Waals surface area contributed by atoms with Crippen LogP contribution in [-0.2, 0) is 10.0 Å². The van der Waals surface area contributed by atoms with Gasteiger partial charge in [0.2, 0.25) is 10.0 Å². The molecule has 0 aromatic heterocycles. The summed E-state index contributed by atoms with van der Waals surface area (Å²) >= 11 is 6.00. The number of halogens is 1. The summed E-state index contributed by atoms with van der Waals surface area (Å²) in [5, 5.41) is 0.306. The molecule has 2 rings (SSSR count). The van der Waals surface area contributed by atoms with E-state index in [4.69, 9.17) is 16.3 Å². The summed E-state index contributed by atoms with van der Waals surface area (Å²) < 4.78 is 31.6. The third-order valence-electron chi connectivity index (χ3n) is 3.54. The predicted octanol–water partition coefficient (Wildman–Crippen LogP) is 1.67. The maximum absolute atomic E-state index is 12.5. The summed E-state index contributed by atoms with van der Waals surface area (Å²) in [6.07, 6.45) is 0. The predicted molar refractivity (Wildman–Crippen MR) is 78.9 cm³/mol. The number of hydrogen-bond donors (Lipinski definition) is 0. The molecule has 0 radical (unpaired) electrons. The van der Waals surface area contributed by atoms with Crippen LogP contribution >= 0.6 is 11.6 Å². The number of hydrogen-bond acceptors (Lipinski definition) is 4. The monoisotopic (exact) mass is 318 g/mol. The lowest BCUT2D eigenvalue weighted by atomic mass is 10.3. The quantitative estimate of drug-likeness (QED) is 0.847. The minimum Gasteiger partial charge on any atom is -0.495 e. The number of likely N-dealkylation sites (N-methyl/N-ethyl adjacent to an activating group) is 1. The standard InChI is InChI=1S/C13H19ClN2O3S/c1-3-15-6-8-16(9-7-15)20(17,18)11-4-5-13(19-2)12(14)10-11/h4-5,10H,3,6-9H2,1-2H3. The molecule has 1 saturated heterocycles. The minimum absolute atomic E-state index is 0.216. The van der Waals surface area contributed by atoms with Crippen LogP contribution in [0.5, 0.6) is 5.75 Å². The highest BCUT2D eigenvalue weighted by molar-refractivity contribution is 7.89. The molecule has 0 saturated carbocycles. The van der Waals surface area contributed by atoms with Crippen molar-refractivity contribution in [3.05, 3.63) is 23.2 Å². The number of methoxy groups -OCH3 is 1. The minimum atomic E-state index is -3.47. The second kappa shape index (κ2) is 6.30. The first-order valence-corrected chi connectivity index (χ1v) is 8.37. The van der Waals surface area contributed by atoms with Gasteiger partial charge in [-0.2, -0.15) is 4.31 Å². The van der Waals surface area contributed by atoms with Gasteiger partial charge in [-0.25, -0.2) is 8.42 Å². The Hall–Kier alpha value is -0.820. The van der Waals surface area contributed by atoms with Gasteiger partial charge in [0.25, 0.3) is 0 Å². The molecule has 0 aliphatic carbocycles. The van der Waals surface area contributed by atoms with Crippen LogP contribution in [0.1, 0.15) is 6.92 Å². The molecule has 1 fully saturated rings. The Morgan fingerprint density at radius 2 is 1.90 bits per heavy atom. The fourth-order valence-corrected chi connectivity index (χ4v) is 4.01. The summed E-state index contributed by atoms with van der Waals surface area (Å²) in [4.78, 5) is 2.45. The smallest absolute Gasteiger partial charge is 0.243 e. The number of rotatable bonds is 4. The van der Waals surface area contributed by atoms with E-state index < -0.39 is 10.0 Å². The molecule has 0 spiro atoms. The number of ether oxygens (including phenoxy) is 1. The molecule has 0 unspecified atom stereocenters. The highest BCUT2D eigenvalue weighted by Gasteiger charge is 2.28. The van der Waals surface area contributed by atoms with E-state index in [0.717, 1.165) is 19.6 Å². The van der Waals surface area contributed by atoms with Crippen LogP contribution in [0.4, 0.5) is 0 Å². The molecular formula is C13H19ClN2O3S. The molecule has 0 amide bonds. The largest absolute Gasteiger partial charge is 0.495 e. The van der Waals surface area contributed by atoms with E-state index in [9.17, 15) is 8.42 Å². The third kappa shape index (κ3) is 3.09. The van der Waals surface area contributed by atoms with Crippen molar-refractivity contribution < 1.29 is 13.2 Å². The van der Waals surface area contributed by atoms with E-state index in [1.54, 1.807) is 6.07 Å². The van der Waals surface area contributed by atoms with E-state index in [2.05, 4.69) is 11.8 Å². The van der Waals surface area contributed by atoms with E-state index in [1.807, 2.05) is 0 Å². The Morgan fingerprint density at radius 1 is 1.25 bits per heavy atom. The fraction of sp³-hybridized carbons (Fsp3) is 0.538. The number of piperazine rings is 1. The van der Waals surface area contributed by atoms with Crippen molar-refractivity contribution in [3.63, 3.8) is 0 Å². The molecular weight excluding hydrogens is 300 g/mol. The summed E-state index contributed by atoms with van der Waals surface area (Å²) in [7, 11) is -1.98. The van der Waals surface area contributed by atoms with E-state index >= 15 is 0 Å². The first kappa shape index (κ1) is 15.6. The average molecular weight is 319 g/mol. The summed E-state index contributed by atoms with van der Waals surface area (Å²) in [5.41, 5.74) is 0. The van der Waals surface area contributed by atoms with Gasteiger partial charge in [0.15, 0.2) is 0 Å². The Labute approximate surface area is 125 Å². The van der Waals surface area contributed by atoms with Gasteiger partial charge in [0, 0.05) is 26.2 Å². The highest BCUT2D eigenvalue weighted by Crippen LogP contribution is 2.28. The molecule has 1 heterocycles. The van der Waals surface area contributed by atoms with Crippen molar-refractivity contribution in [2.75, 3.05) is 39.8 Å². The molecule has 0 N–H and O–H groups in total. The SMILES string of the molecule is CCN1CCN(S(=O)(=O)c2ccc(OC)c(Cl)c2)CC1. The molecule has 0 bridgehead atoms. The lowest BCUT2D eigenvalue weighted by molar-refractivity contribution is 0.196. The van der Waals surface area contributed by atoms with E-state index in [1.165, 1.54) is 23.5 Å². The third-order valence-corrected chi connectivity index (χ3v) is 5.73. The van der Waals surface area contributed by atoms with Gasteiger partial charge in [0.1, 0.15) is 5.75 Å². The lowest BCUT2D eigenvalue weighted by Gasteiger charge is -2.33. The van der Waals surface area contributed by atoms with Crippen molar-refractivity contribution in [2.45, 2.75) is 11.8 Å². The number of sulfonamides is 1. The molecule has 1 aliphatic heterocycles. The Bertz CT molecular complexity index is 569. The Morgan fingerprint density at radius 3 is 2.40 bits per heavy atom. The van der Waals surface area contributed by atoms with Gasteiger partial charge in [-0.3, -0.25) is 0 Å². The van der Waals surface area contributed by atoms with Crippen LogP contribution in [0.2, 0.25) is 5.02 Å². The summed E-state index contributed by atoms with van der Waals surface area (Å²) in [6.45, 7) is 5.58. The van der Waals surface area contributed by atoms with Gasteiger partial charge < -0.3 is 9.64 Å². The second-order valence-electron chi connectivity index (χ2n) is 4.63. The maximum atomic E-state index is 12.5. The molecule has 5 nitrogen and oxygen atoms in total. The van der Waals surface area contributed by atoms with E-state index in [0.29, 0.717) is 23.9 Å². The highest BCUT2D eigenvalue weighted by atomic mass is 35.5. The van der Waals surface area contributed by atoms with Crippen LogP contribution in [0.25, 0.3) is 0 Å². The van der Waals surface area contributed by atoms with Gasteiger partial charge in [-0.15, -0.1) is 0 Å². The van der Waals surface area contributed by atoms with Gasteiger partial charge >= 0.3 is 0 Å². The van der Waals surface area contributed by atoms with Crippen LogP contribution < -0.4 is 4.74 Å². The van der Waals surface area contributed by atoms with Gasteiger partial charge in [-0.05, 0) is 24.7 Å². The topological polar surface area (TPSA) is 49.9 Å². The molecule has 20 heavy (non-hydrogen) atoms. The zero-order valence-electron chi connectivity index (χ0n) is 11.7. The van der Waals surface area contributed by atoms with Crippen molar-refractivity contribution in [3.8, 4) is 5.75 Å². The Balaban J connectivity index is 2.20. The van der Waals surface area contributed by atoms with Crippen molar-refractivity contribution in [1.82, 2.24) is 9.21 Å². The van der Waals surface area contributed by atoms with Gasteiger partial charge in [0.05, 0.1) is 17.0 Å². The summed E-state index contributed by atoms with van der Waals surface area (Å²) in [5.74, 6) is 0.474. The Kier molecular flexibility index (Phi) is 4.90. The van der Waals surface area contributed by atoms with E-state index in [-0.39, 0.29) is 4.90 Å². The lowest BCUT2D eigenvalue weighted by Crippen LogP contribution is -2.48. The molecule has 1 aliphatic rings. The van der Waals surface area contributed by atoms with Crippen LogP contribution in [0.3, 0.4) is 0 Å². The van der Waals surface area contributed by atoms with Crippen LogP contribution in [0, 0.1) is 0 Å². The number of nitrogens with zero attached hydrogens (tertiary/aromatic N) is 2. The zero-order chi connectivity index (χ0) is 14.8. The summed E-state index contributed by atoms with van der Waals surface area (Å²) in [6, 6.07) is 4.56. The normalized spacial score (nSPS) is 18.1. The molecule has 1 aromatic carbocycles. The zero-order valence-corrected chi connectivity index (χ0v) is 13.2. The molecule has 1 aromatic rings. The average Bonchev–Trinajstić information content (AvgIpc) is 2.47. The molecule has 112 valence electrons. The first-order valence-electron chi connectivity index (χ1n) is 6.55. The maximum Gasteiger partial charge on any atom is 0.243 e. The first-order chi connectivity index (χ1) is 9.48. The second-order valence-corrected chi connectivity index (χ2v) is 6.98. The van der Waals surface area contributed by atoms with Gasteiger partial charge in [-0.1, -0.05) is 18.5 Å². The van der Waals surface area contributed by atoms with Crippen LogP contribution in [0.15, 0.2) is 23.1 Å². The number of benzene rings is 1. The van der Waals surface area contributed by atoms with Crippen LogP contribution in [-0.4, -0.2) is 57.5 Å². The molecule has 0 atom stereocenters. The van der Waals surface area contributed by atoms with Crippen molar-refractivity contribution in [1.29, 1.82) is 0 Å².